The van der Waals surface area contributed by atoms with Crippen molar-refractivity contribution in [2.75, 3.05) is 7.11 Å². The molecule has 4 nitrogen and oxygen atoms in total. The summed E-state index contributed by atoms with van der Waals surface area (Å²) >= 11 is 0. The lowest BCUT2D eigenvalue weighted by atomic mass is 10.2. The Morgan fingerprint density at radius 1 is 1.73 bits per heavy atom. The van der Waals surface area contributed by atoms with E-state index in [1.165, 1.54) is 7.11 Å². The maximum Gasteiger partial charge on any atom is 0.303 e. The van der Waals surface area contributed by atoms with Gasteiger partial charge in [-0.15, -0.1) is 0 Å². The van der Waals surface area contributed by atoms with Gasteiger partial charge in [-0.3, -0.25) is 4.79 Å². The fraction of sp³-hybridized carbons (Fsp3) is 0.714. The number of hydrogen-bond donors (Lipinski definition) is 1. The number of aliphatic carboxylic acids is 1. The zero-order chi connectivity index (χ0) is 8.69. The second-order valence-corrected chi connectivity index (χ2v) is 2.20. The fourth-order valence-corrected chi connectivity index (χ4v) is 0.696. The van der Waals surface area contributed by atoms with Crippen LogP contribution in [-0.4, -0.2) is 30.6 Å². The second kappa shape index (κ2) is 5.85. The highest BCUT2D eigenvalue weighted by atomic mass is 16.5. The number of rotatable bonds is 6. The molecule has 0 spiro atoms. The van der Waals surface area contributed by atoms with Crippen LogP contribution in [0.1, 0.15) is 19.3 Å². The van der Waals surface area contributed by atoms with Crippen molar-refractivity contribution < 1.29 is 19.4 Å². The first-order valence-corrected chi connectivity index (χ1v) is 3.40. The number of carbonyl (C=O) groups excluding carboxylic acids is 1. The van der Waals surface area contributed by atoms with Crippen LogP contribution >= 0.6 is 0 Å². The van der Waals surface area contributed by atoms with Crippen LogP contribution in [0.25, 0.3) is 0 Å². The van der Waals surface area contributed by atoms with Gasteiger partial charge in [-0.1, -0.05) is 0 Å². The molecule has 0 saturated heterocycles. The first-order chi connectivity index (χ1) is 5.20. The molecular weight excluding hydrogens is 148 g/mol. The Kier molecular flexibility index (Phi) is 5.37. The van der Waals surface area contributed by atoms with Gasteiger partial charge in [0.25, 0.3) is 0 Å². The molecule has 0 aliphatic carbocycles. The number of aldehydes is 1. The third-order valence-corrected chi connectivity index (χ3v) is 1.33. The minimum Gasteiger partial charge on any atom is -0.481 e. The average molecular weight is 160 g/mol. The molecule has 0 heterocycles. The van der Waals surface area contributed by atoms with Gasteiger partial charge in [0.2, 0.25) is 0 Å². The van der Waals surface area contributed by atoms with E-state index in [2.05, 4.69) is 0 Å². The minimum absolute atomic E-state index is 0.0910. The standard InChI is InChI=1S/C7H12O4/c1-11-6(5-8)3-2-4-7(9)10/h5-6H,2-4H2,1H3,(H,9,10). The molecule has 1 atom stereocenters. The highest BCUT2D eigenvalue weighted by molar-refractivity contribution is 5.66. The van der Waals surface area contributed by atoms with Crippen molar-refractivity contribution >= 4 is 12.3 Å². The fourth-order valence-electron chi connectivity index (χ4n) is 0.696. The molecule has 0 bridgehead atoms. The van der Waals surface area contributed by atoms with Crippen LogP contribution in [0.2, 0.25) is 0 Å². The van der Waals surface area contributed by atoms with Crippen LogP contribution in [0.3, 0.4) is 0 Å². The summed E-state index contributed by atoms with van der Waals surface area (Å²) in [5, 5.41) is 8.24. The van der Waals surface area contributed by atoms with Crippen molar-refractivity contribution in [3.63, 3.8) is 0 Å². The Morgan fingerprint density at radius 2 is 2.36 bits per heavy atom. The summed E-state index contributed by atoms with van der Waals surface area (Å²) < 4.78 is 4.72. The van der Waals surface area contributed by atoms with Gasteiger partial charge in [-0.25, -0.2) is 0 Å². The molecule has 0 aromatic heterocycles. The van der Waals surface area contributed by atoms with Crippen molar-refractivity contribution in [1.29, 1.82) is 0 Å². The molecule has 0 saturated carbocycles. The lowest BCUT2D eigenvalue weighted by Crippen LogP contribution is -2.12. The summed E-state index contributed by atoms with van der Waals surface area (Å²) in [5.41, 5.74) is 0. The number of hydrogen-bond acceptors (Lipinski definition) is 3. The van der Waals surface area contributed by atoms with Crippen LogP contribution in [0.15, 0.2) is 0 Å². The van der Waals surface area contributed by atoms with Gasteiger partial charge in [0.05, 0.1) is 0 Å². The Labute approximate surface area is 65.2 Å². The Hall–Kier alpha value is -0.900. The van der Waals surface area contributed by atoms with E-state index in [1.807, 2.05) is 0 Å². The summed E-state index contributed by atoms with van der Waals surface area (Å²) in [6.07, 6.45) is 1.28. The van der Waals surface area contributed by atoms with Crippen molar-refractivity contribution in [2.24, 2.45) is 0 Å². The number of carboxylic acids is 1. The number of carboxylic acid groups (broad SMARTS) is 1. The first-order valence-electron chi connectivity index (χ1n) is 3.40. The molecule has 0 amide bonds. The van der Waals surface area contributed by atoms with E-state index in [9.17, 15) is 9.59 Å². The predicted octanol–water partition coefficient (Wildman–Crippen LogP) is 0.455. The quantitative estimate of drug-likeness (QED) is 0.573. The Bertz CT molecular complexity index is 132. The van der Waals surface area contributed by atoms with Gasteiger partial charge < -0.3 is 14.6 Å². The van der Waals surface area contributed by atoms with E-state index >= 15 is 0 Å². The molecule has 1 N–H and O–H groups in total. The lowest BCUT2D eigenvalue weighted by Gasteiger charge is -2.05. The summed E-state index contributed by atoms with van der Waals surface area (Å²) in [4.78, 5) is 20.2. The molecule has 0 fully saturated rings. The van der Waals surface area contributed by atoms with E-state index in [-0.39, 0.29) is 6.42 Å². The third-order valence-electron chi connectivity index (χ3n) is 1.33. The smallest absolute Gasteiger partial charge is 0.303 e. The molecule has 0 radical (unpaired) electrons. The normalized spacial score (nSPS) is 12.5. The van der Waals surface area contributed by atoms with Crippen LogP contribution < -0.4 is 0 Å². The third kappa shape index (κ3) is 5.54. The lowest BCUT2D eigenvalue weighted by molar-refractivity contribution is -0.137. The summed E-state index contributed by atoms with van der Waals surface area (Å²) in [6.45, 7) is 0. The summed E-state index contributed by atoms with van der Waals surface area (Å²) in [5.74, 6) is -0.842. The molecule has 0 aromatic carbocycles. The zero-order valence-corrected chi connectivity index (χ0v) is 6.45. The highest BCUT2D eigenvalue weighted by Gasteiger charge is 2.05. The van der Waals surface area contributed by atoms with Crippen molar-refractivity contribution in [2.45, 2.75) is 25.4 Å². The largest absolute Gasteiger partial charge is 0.481 e. The molecule has 64 valence electrons. The van der Waals surface area contributed by atoms with Gasteiger partial charge in [0.15, 0.2) is 0 Å². The SMILES string of the molecule is COC(C=O)CCCC(=O)O. The number of carbonyl (C=O) groups is 2. The van der Waals surface area contributed by atoms with Gasteiger partial charge in [0, 0.05) is 13.5 Å². The predicted molar refractivity (Wildman–Crippen MR) is 38.3 cm³/mol. The van der Waals surface area contributed by atoms with E-state index in [4.69, 9.17) is 9.84 Å². The molecule has 0 aliphatic heterocycles. The van der Waals surface area contributed by atoms with Crippen LogP contribution in [0.4, 0.5) is 0 Å². The average Bonchev–Trinajstić information content (AvgIpc) is 1.98. The zero-order valence-electron chi connectivity index (χ0n) is 6.45. The number of methoxy groups -OCH3 is 1. The van der Waals surface area contributed by atoms with Crippen molar-refractivity contribution in [1.82, 2.24) is 0 Å². The maximum atomic E-state index is 10.1. The maximum absolute atomic E-state index is 10.1. The molecule has 4 heteroatoms. The van der Waals surface area contributed by atoms with Crippen LogP contribution in [-0.2, 0) is 14.3 Å². The van der Waals surface area contributed by atoms with E-state index in [0.717, 1.165) is 0 Å². The number of ether oxygens (including phenoxy) is 1. The highest BCUT2D eigenvalue weighted by Crippen LogP contribution is 2.01. The monoisotopic (exact) mass is 160 g/mol. The van der Waals surface area contributed by atoms with Crippen molar-refractivity contribution in [3.05, 3.63) is 0 Å². The van der Waals surface area contributed by atoms with Crippen LogP contribution in [0, 0.1) is 0 Å². The first kappa shape index (κ1) is 10.1. The Balaban J connectivity index is 3.35. The van der Waals surface area contributed by atoms with E-state index in [1.54, 1.807) is 0 Å². The second-order valence-electron chi connectivity index (χ2n) is 2.20. The van der Waals surface area contributed by atoms with E-state index in [0.29, 0.717) is 19.1 Å². The van der Waals surface area contributed by atoms with E-state index < -0.39 is 12.1 Å². The molecular formula is C7H12O4. The van der Waals surface area contributed by atoms with Gasteiger partial charge in [0.1, 0.15) is 12.4 Å². The summed E-state index contributed by atoms with van der Waals surface area (Å²) in [6, 6.07) is 0. The molecule has 1 unspecified atom stereocenters. The molecule has 0 rings (SSSR count). The molecule has 11 heavy (non-hydrogen) atoms. The van der Waals surface area contributed by atoms with Gasteiger partial charge in [-0.2, -0.15) is 0 Å². The van der Waals surface area contributed by atoms with Gasteiger partial charge >= 0.3 is 5.97 Å². The summed E-state index contributed by atoms with van der Waals surface area (Å²) in [7, 11) is 1.43. The molecule has 0 aliphatic rings. The Morgan fingerprint density at radius 3 is 2.73 bits per heavy atom. The van der Waals surface area contributed by atoms with Gasteiger partial charge in [-0.05, 0) is 12.8 Å². The molecule has 0 aromatic rings. The van der Waals surface area contributed by atoms with Crippen molar-refractivity contribution in [3.8, 4) is 0 Å². The van der Waals surface area contributed by atoms with Crippen LogP contribution in [0.5, 0.6) is 0 Å². The minimum atomic E-state index is -0.842. The topological polar surface area (TPSA) is 63.6 Å².